The lowest BCUT2D eigenvalue weighted by molar-refractivity contribution is -0.131. The maximum Gasteiger partial charge on any atom is 0.225 e. The second kappa shape index (κ2) is 8.05. The van der Waals surface area contributed by atoms with E-state index in [0.29, 0.717) is 11.8 Å². The normalized spacial score (nSPS) is 18.1. The average molecular weight is 463 g/mol. The van der Waals surface area contributed by atoms with Crippen LogP contribution in [0.5, 0.6) is 0 Å². The second-order valence-electron chi connectivity index (χ2n) is 9.84. The number of hydrogen-bond acceptors (Lipinski definition) is 4. The highest BCUT2D eigenvalue weighted by Gasteiger charge is 2.36. The molecular weight excluding hydrogens is 436 g/mol. The van der Waals surface area contributed by atoms with Crippen molar-refractivity contribution < 1.29 is 4.79 Å². The number of aromatic nitrogens is 5. The van der Waals surface area contributed by atoms with E-state index in [1.165, 1.54) is 0 Å². The highest BCUT2D eigenvalue weighted by molar-refractivity contribution is 5.83. The second-order valence-corrected chi connectivity index (χ2v) is 9.84. The van der Waals surface area contributed by atoms with E-state index in [2.05, 4.69) is 54.8 Å². The standard InChI is InChI=1S/C28H26N6O/c35-28(21-5-6-21)33-12-9-18(16-33)17-34-25-8-10-29-15-24(25)32-27(34)20-3-1-19(2-4-20)23-13-22-7-11-30-26(22)31-14-23/h1-4,7-8,10-11,13-15,18,21H,5-6,9,12,16-17H2,(H,30,31)/t18-/m1/s1. The molecule has 0 spiro atoms. The number of pyridine rings is 2. The summed E-state index contributed by atoms with van der Waals surface area (Å²) in [5, 5.41) is 1.10. The van der Waals surface area contributed by atoms with Crippen LogP contribution >= 0.6 is 0 Å². The first-order valence-electron chi connectivity index (χ1n) is 12.4. The lowest BCUT2D eigenvalue weighted by atomic mass is 10.0. The Balaban J connectivity index is 1.19. The van der Waals surface area contributed by atoms with Gasteiger partial charge < -0.3 is 14.5 Å². The van der Waals surface area contributed by atoms with Crippen LogP contribution in [0.15, 0.2) is 67.3 Å². The molecular formula is C28H26N6O. The molecule has 1 N–H and O–H groups in total. The molecule has 1 saturated heterocycles. The van der Waals surface area contributed by atoms with Crippen LogP contribution < -0.4 is 0 Å². The molecule has 1 atom stereocenters. The van der Waals surface area contributed by atoms with Crippen molar-refractivity contribution >= 4 is 28.0 Å². The van der Waals surface area contributed by atoms with E-state index < -0.39 is 0 Å². The molecule has 0 bridgehead atoms. The summed E-state index contributed by atoms with van der Waals surface area (Å²) in [4.78, 5) is 31.5. The minimum absolute atomic E-state index is 0.288. The Labute approximate surface area is 202 Å². The molecule has 1 aliphatic carbocycles. The summed E-state index contributed by atoms with van der Waals surface area (Å²) >= 11 is 0. The van der Waals surface area contributed by atoms with Gasteiger partial charge in [-0.15, -0.1) is 0 Å². The third-order valence-corrected chi connectivity index (χ3v) is 7.39. The number of imidazole rings is 1. The summed E-state index contributed by atoms with van der Waals surface area (Å²) in [5.41, 5.74) is 6.18. The van der Waals surface area contributed by atoms with Gasteiger partial charge in [0.1, 0.15) is 17.0 Å². The maximum absolute atomic E-state index is 12.6. The van der Waals surface area contributed by atoms with Crippen molar-refractivity contribution in [1.29, 1.82) is 0 Å². The van der Waals surface area contributed by atoms with Gasteiger partial charge in [0, 0.05) is 60.7 Å². The molecule has 7 heteroatoms. The Morgan fingerprint density at radius 3 is 2.71 bits per heavy atom. The number of aromatic amines is 1. The molecule has 1 amide bonds. The van der Waals surface area contributed by atoms with Crippen molar-refractivity contribution in [2.75, 3.05) is 13.1 Å². The highest BCUT2D eigenvalue weighted by Crippen LogP contribution is 2.34. The number of amides is 1. The predicted octanol–water partition coefficient (Wildman–Crippen LogP) is 4.90. The van der Waals surface area contributed by atoms with Crippen molar-refractivity contribution in [3.8, 4) is 22.5 Å². The zero-order valence-electron chi connectivity index (χ0n) is 19.4. The minimum Gasteiger partial charge on any atom is -0.346 e. The lowest BCUT2D eigenvalue weighted by Crippen LogP contribution is -2.30. The van der Waals surface area contributed by atoms with Crippen molar-refractivity contribution in [1.82, 2.24) is 29.4 Å². The number of rotatable bonds is 5. The fourth-order valence-electron chi connectivity index (χ4n) is 5.32. The number of nitrogens with zero attached hydrogens (tertiary/aromatic N) is 5. The fourth-order valence-corrected chi connectivity index (χ4v) is 5.32. The number of hydrogen-bond donors (Lipinski definition) is 1. The summed E-state index contributed by atoms with van der Waals surface area (Å²) < 4.78 is 2.31. The maximum atomic E-state index is 12.6. The van der Waals surface area contributed by atoms with Crippen LogP contribution in [0.3, 0.4) is 0 Å². The first-order valence-corrected chi connectivity index (χ1v) is 12.4. The van der Waals surface area contributed by atoms with E-state index in [1.54, 1.807) is 0 Å². The third kappa shape index (κ3) is 3.67. The largest absolute Gasteiger partial charge is 0.346 e. The monoisotopic (exact) mass is 462 g/mol. The lowest BCUT2D eigenvalue weighted by Gasteiger charge is -2.18. The quantitative estimate of drug-likeness (QED) is 0.403. The molecule has 7 rings (SSSR count). The van der Waals surface area contributed by atoms with Gasteiger partial charge in [0.25, 0.3) is 0 Å². The van der Waals surface area contributed by atoms with Crippen LogP contribution in [0.1, 0.15) is 19.3 Å². The van der Waals surface area contributed by atoms with E-state index in [-0.39, 0.29) is 5.92 Å². The molecule has 4 aromatic heterocycles. The SMILES string of the molecule is O=C(C1CC1)N1CC[C@@H](Cn2c(-c3ccc(-c4cnc5[nH]ccc5c4)cc3)nc3cnccc32)C1. The van der Waals surface area contributed by atoms with Gasteiger partial charge in [-0.25, -0.2) is 9.97 Å². The van der Waals surface area contributed by atoms with Crippen molar-refractivity contribution in [3.05, 3.63) is 67.3 Å². The van der Waals surface area contributed by atoms with Crippen molar-refractivity contribution in [3.63, 3.8) is 0 Å². The van der Waals surface area contributed by atoms with E-state index >= 15 is 0 Å². The highest BCUT2D eigenvalue weighted by atomic mass is 16.2. The van der Waals surface area contributed by atoms with Gasteiger partial charge in [-0.2, -0.15) is 0 Å². The summed E-state index contributed by atoms with van der Waals surface area (Å²) in [6.45, 7) is 2.56. The Morgan fingerprint density at radius 2 is 1.86 bits per heavy atom. The van der Waals surface area contributed by atoms with Crippen LogP contribution in [0.2, 0.25) is 0 Å². The number of carbonyl (C=O) groups is 1. The molecule has 1 saturated carbocycles. The Hall–Kier alpha value is -4.00. The number of likely N-dealkylation sites (tertiary alicyclic amines) is 1. The zero-order chi connectivity index (χ0) is 23.4. The van der Waals surface area contributed by atoms with Gasteiger partial charge in [-0.3, -0.25) is 9.78 Å². The van der Waals surface area contributed by atoms with Crippen LogP contribution in [0.4, 0.5) is 0 Å². The van der Waals surface area contributed by atoms with E-state index in [9.17, 15) is 4.79 Å². The molecule has 5 heterocycles. The summed E-state index contributed by atoms with van der Waals surface area (Å²) in [6.07, 6.45) is 10.6. The molecule has 2 fully saturated rings. The number of fused-ring (bicyclic) bond motifs is 2. The molecule has 7 nitrogen and oxygen atoms in total. The molecule has 0 radical (unpaired) electrons. The van der Waals surface area contributed by atoms with Gasteiger partial charge in [-0.1, -0.05) is 24.3 Å². The average Bonchev–Trinajstić information content (AvgIpc) is 3.30. The fraction of sp³-hybridized carbons (Fsp3) is 0.286. The molecule has 5 aromatic rings. The smallest absolute Gasteiger partial charge is 0.225 e. The van der Waals surface area contributed by atoms with Crippen LogP contribution in [-0.4, -0.2) is 48.4 Å². The minimum atomic E-state index is 0.288. The van der Waals surface area contributed by atoms with Gasteiger partial charge in [0.15, 0.2) is 0 Å². The predicted molar refractivity (Wildman–Crippen MR) is 135 cm³/mol. The third-order valence-electron chi connectivity index (χ3n) is 7.39. The van der Waals surface area contributed by atoms with Crippen molar-refractivity contribution in [2.24, 2.45) is 11.8 Å². The molecule has 2 aliphatic rings. The van der Waals surface area contributed by atoms with E-state index in [4.69, 9.17) is 4.98 Å². The summed E-state index contributed by atoms with van der Waals surface area (Å²) in [6, 6.07) is 14.8. The van der Waals surface area contributed by atoms with Gasteiger partial charge in [-0.05, 0) is 48.9 Å². The number of carbonyl (C=O) groups excluding carboxylic acids is 1. The summed E-state index contributed by atoms with van der Waals surface area (Å²) in [5.74, 6) is 2.03. The number of nitrogens with one attached hydrogen (secondary N) is 1. The van der Waals surface area contributed by atoms with Gasteiger partial charge >= 0.3 is 0 Å². The molecule has 1 aromatic carbocycles. The van der Waals surface area contributed by atoms with E-state index in [1.807, 2.05) is 36.9 Å². The molecule has 0 unspecified atom stereocenters. The summed E-state index contributed by atoms with van der Waals surface area (Å²) in [7, 11) is 0. The molecule has 35 heavy (non-hydrogen) atoms. The molecule has 1 aliphatic heterocycles. The first-order chi connectivity index (χ1) is 17.2. The topological polar surface area (TPSA) is 79.7 Å². The van der Waals surface area contributed by atoms with Gasteiger partial charge in [0.05, 0.1) is 11.7 Å². The molecule has 174 valence electrons. The Bertz CT molecular complexity index is 1550. The Morgan fingerprint density at radius 1 is 1.00 bits per heavy atom. The van der Waals surface area contributed by atoms with Crippen molar-refractivity contribution in [2.45, 2.75) is 25.8 Å². The van der Waals surface area contributed by atoms with Crippen LogP contribution in [-0.2, 0) is 11.3 Å². The van der Waals surface area contributed by atoms with E-state index in [0.717, 1.165) is 83.5 Å². The van der Waals surface area contributed by atoms with Crippen LogP contribution in [0, 0.1) is 11.8 Å². The van der Waals surface area contributed by atoms with Crippen LogP contribution in [0.25, 0.3) is 44.6 Å². The number of benzene rings is 1. The Kier molecular flexibility index (Phi) is 4.68. The van der Waals surface area contributed by atoms with Gasteiger partial charge in [0.2, 0.25) is 5.91 Å². The zero-order valence-corrected chi connectivity index (χ0v) is 19.4. The number of H-pyrrole nitrogens is 1. The first kappa shape index (κ1) is 20.4.